The summed E-state index contributed by atoms with van der Waals surface area (Å²) < 4.78 is 6.36. The lowest BCUT2D eigenvalue weighted by molar-refractivity contribution is 0.669. The number of hydrogen-bond acceptors (Lipinski definition) is 2. The highest BCUT2D eigenvalue weighted by Gasteiger charge is 2.46. The Morgan fingerprint density at radius 3 is 1.63 bits per heavy atom. The van der Waals surface area contributed by atoms with Gasteiger partial charge in [-0.2, -0.15) is 0 Å². The molecule has 2 nitrogen and oxygen atoms in total. The number of rotatable bonds is 7. The van der Waals surface area contributed by atoms with E-state index >= 15 is 0 Å². The van der Waals surface area contributed by atoms with Crippen LogP contribution in [-0.2, 0) is 5.41 Å². The van der Waals surface area contributed by atoms with Crippen molar-refractivity contribution in [3.63, 3.8) is 0 Å². The van der Waals surface area contributed by atoms with E-state index in [2.05, 4.69) is 217 Å². The molecule has 11 rings (SSSR count). The van der Waals surface area contributed by atoms with Gasteiger partial charge in [0.2, 0.25) is 0 Å². The minimum absolute atomic E-state index is 0.528. The summed E-state index contributed by atoms with van der Waals surface area (Å²) in [5.74, 6) is 0. The van der Waals surface area contributed by atoms with Gasteiger partial charge in [-0.15, -0.1) is 0 Å². The predicted molar refractivity (Wildman–Crippen MR) is 237 cm³/mol. The standard InChI is InChI=1S/C55H37NO/c1-5-17-38(18-6-1)40-29-33-52(48(35-40)39-19-7-2-8-20-39)56(43-31-34-54-49(36-43)47-26-14-16-28-53(47)57-54)44-30-32-46-45-25-13-15-27-50(45)55(51(46)37-44,41-21-9-3-10-22-41)42-23-11-4-12-24-42/h1-37H. The molecule has 0 unspecified atom stereocenters. The van der Waals surface area contributed by atoms with Gasteiger partial charge in [0.05, 0.1) is 11.1 Å². The van der Waals surface area contributed by atoms with Gasteiger partial charge in [0.15, 0.2) is 0 Å². The highest BCUT2D eigenvalue weighted by Crippen LogP contribution is 2.57. The van der Waals surface area contributed by atoms with E-state index in [-0.39, 0.29) is 0 Å². The van der Waals surface area contributed by atoms with Crippen LogP contribution in [0.5, 0.6) is 0 Å². The Kier molecular flexibility index (Phi) is 7.75. The average Bonchev–Trinajstić information content (AvgIpc) is 3.81. The third-order valence-corrected chi connectivity index (χ3v) is 11.7. The predicted octanol–water partition coefficient (Wildman–Crippen LogP) is 14.8. The van der Waals surface area contributed by atoms with Gasteiger partial charge in [0.1, 0.15) is 11.2 Å². The molecular formula is C55H37NO. The second kappa shape index (κ2) is 13.4. The number of benzene rings is 9. The van der Waals surface area contributed by atoms with Crippen LogP contribution < -0.4 is 4.90 Å². The number of nitrogens with zero attached hydrogens (tertiary/aromatic N) is 1. The number of hydrogen-bond donors (Lipinski definition) is 0. The fourth-order valence-electron chi connectivity index (χ4n) is 9.24. The van der Waals surface area contributed by atoms with Crippen molar-refractivity contribution < 1.29 is 4.42 Å². The van der Waals surface area contributed by atoms with Gasteiger partial charge in [0.25, 0.3) is 0 Å². The third kappa shape index (κ3) is 5.26. The van der Waals surface area contributed by atoms with E-state index in [0.717, 1.165) is 50.1 Å². The molecule has 0 saturated carbocycles. The maximum absolute atomic E-state index is 6.36. The third-order valence-electron chi connectivity index (χ3n) is 11.7. The second-order valence-electron chi connectivity index (χ2n) is 14.8. The molecule has 0 saturated heterocycles. The zero-order valence-electron chi connectivity index (χ0n) is 31.2. The van der Waals surface area contributed by atoms with Crippen molar-refractivity contribution in [2.45, 2.75) is 5.41 Å². The van der Waals surface area contributed by atoms with Gasteiger partial charge in [-0.05, 0) is 98.6 Å². The zero-order valence-corrected chi connectivity index (χ0v) is 31.2. The van der Waals surface area contributed by atoms with Gasteiger partial charge >= 0.3 is 0 Å². The van der Waals surface area contributed by atoms with Crippen molar-refractivity contribution in [3.8, 4) is 33.4 Å². The fraction of sp³-hybridized carbons (Fsp3) is 0.0182. The first kappa shape index (κ1) is 33.0. The Morgan fingerprint density at radius 2 is 0.895 bits per heavy atom. The SMILES string of the molecule is c1ccc(-c2ccc(N(c3ccc4c(c3)C(c3ccccc3)(c3ccccc3)c3ccccc3-4)c3ccc4oc5ccccc5c4c3)c(-c3ccccc3)c2)cc1. The smallest absolute Gasteiger partial charge is 0.135 e. The first-order valence-electron chi connectivity index (χ1n) is 19.6. The molecule has 0 N–H and O–H groups in total. The van der Waals surface area contributed by atoms with Crippen LogP contribution in [0.15, 0.2) is 229 Å². The first-order valence-corrected chi connectivity index (χ1v) is 19.6. The minimum Gasteiger partial charge on any atom is -0.456 e. The molecule has 1 aromatic heterocycles. The van der Waals surface area contributed by atoms with E-state index in [1.54, 1.807) is 0 Å². The van der Waals surface area contributed by atoms with Gasteiger partial charge in [-0.25, -0.2) is 0 Å². The molecular weight excluding hydrogens is 691 g/mol. The number of furan rings is 1. The lowest BCUT2D eigenvalue weighted by Gasteiger charge is -2.35. The Morgan fingerprint density at radius 1 is 0.333 bits per heavy atom. The molecule has 57 heavy (non-hydrogen) atoms. The largest absolute Gasteiger partial charge is 0.456 e. The highest BCUT2D eigenvalue weighted by molar-refractivity contribution is 6.07. The summed E-state index contributed by atoms with van der Waals surface area (Å²) in [5.41, 5.74) is 16.7. The van der Waals surface area contributed by atoms with Crippen molar-refractivity contribution in [2.24, 2.45) is 0 Å². The van der Waals surface area contributed by atoms with Crippen LogP contribution in [0.2, 0.25) is 0 Å². The van der Waals surface area contributed by atoms with Crippen LogP contribution in [0.25, 0.3) is 55.3 Å². The minimum atomic E-state index is -0.528. The van der Waals surface area contributed by atoms with E-state index in [1.165, 1.54) is 44.5 Å². The van der Waals surface area contributed by atoms with Crippen LogP contribution >= 0.6 is 0 Å². The van der Waals surface area contributed by atoms with Crippen LogP contribution in [0.1, 0.15) is 22.3 Å². The average molecular weight is 728 g/mol. The van der Waals surface area contributed by atoms with Crippen molar-refractivity contribution in [3.05, 3.63) is 247 Å². The van der Waals surface area contributed by atoms with Crippen LogP contribution in [0.3, 0.4) is 0 Å². The lowest BCUT2D eigenvalue weighted by atomic mass is 9.67. The Bertz CT molecular complexity index is 3020. The summed E-state index contributed by atoms with van der Waals surface area (Å²) in [6, 6.07) is 81.4. The molecule has 1 aliphatic rings. The Hall–Kier alpha value is -7.42. The van der Waals surface area contributed by atoms with Gasteiger partial charge in [-0.1, -0.05) is 176 Å². The molecule has 0 bridgehead atoms. The van der Waals surface area contributed by atoms with Crippen molar-refractivity contribution in [1.29, 1.82) is 0 Å². The topological polar surface area (TPSA) is 16.4 Å². The molecule has 0 radical (unpaired) electrons. The van der Waals surface area contributed by atoms with Crippen molar-refractivity contribution in [1.82, 2.24) is 0 Å². The summed E-state index contributed by atoms with van der Waals surface area (Å²) >= 11 is 0. The lowest BCUT2D eigenvalue weighted by Crippen LogP contribution is -2.28. The van der Waals surface area contributed by atoms with Gasteiger partial charge < -0.3 is 9.32 Å². The summed E-state index contributed by atoms with van der Waals surface area (Å²) in [6.07, 6.45) is 0. The Balaban J connectivity index is 1.22. The molecule has 1 aliphatic carbocycles. The van der Waals surface area contributed by atoms with E-state index < -0.39 is 5.41 Å². The van der Waals surface area contributed by atoms with E-state index in [9.17, 15) is 0 Å². The molecule has 1 heterocycles. The number of para-hydroxylation sites is 1. The van der Waals surface area contributed by atoms with Crippen LogP contribution in [0, 0.1) is 0 Å². The fourth-order valence-corrected chi connectivity index (χ4v) is 9.24. The van der Waals surface area contributed by atoms with Crippen LogP contribution in [0.4, 0.5) is 17.1 Å². The van der Waals surface area contributed by atoms with E-state index in [0.29, 0.717) is 0 Å². The summed E-state index contributed by atoms with van der Waals surface area (Å²) in [5, 5.41) is 2.19. The van der Waals surface area contributed by atoms with E-state index in [1.807, 2.05) is 12.1 Å². The van der Waals surface area contributed by atoms with Gasteiger partial charge in [-0.3, -0.25) is 0 Å². The quantitative estimate of drug-likeness (QED) is 0.163. The molecule has 0 fully saturated rings. The molecule has 0 aliphatic heterocycles. The first-order chi connectivity index (χ1) is 28.3. The molecule has 9 aromatic carbocycles. The second-order valence-corrected chi connectivity index (χ2v) is 14.8. The summed E-state index contributed by atoms with van der Waals surface area (Å²) in [4.78, 5) is 2.45. The highest BCUT2D eigenvalue weighted by atomic mass is 16.3. The Labute approximate surface area is 332 Å². The van der Waals surface area contributed by atoms with Crippen molar-refractivity contribution >= 4 is 39.0 Å². The number of fused-ring (bicyclic) bond motifs is 6. The molecule has 0 amide bonds. The van der Waals surface area contributed by atoms with Crippen molar-refractivity contribution in [2.75, 3.05) is 4.90 Å². The van der Waals surface area contributed by atoms with Gasteiger partial charge in [0, 0.05) is 27.7 Å². The molecule has 2 heteroatoms. The normalized spacial score (nSPS) is 12.7. The summed E-state index contributed by atoms with van der Waals surface area (Å²) in [7, 11) is 0. The number of anilines is 3. The molecule has 0 atom stereocenters. The molecule has 268 valence electrons. The summed E-state index contributed by atoms with van der Waals surface area (Å²) in [6.45, 7) is 0. The maximum atomic E-state index is 6.36. The monoisotopic (exact) mass is 727 g/mol. The maximum Gasteiger partial charge on any atom is 0.135 e. The van der Waals surface area contributed by atoms with E-state index in [4.69, 9.17) is 4.42 Å². The van der Waals surface area contributed by atoms with Crippen LogP contribution in [-0.4, -0.2) is 0 Å². The molecule has 0 spiro atoms. The molecule has 10 aromatic rings. The zero-order chi connectivity index (χ0) is 37.8.